The first kappa shape index (κ1) is 13.6. The molecule has 0 amide bonds. The van der Waals surface area contributed by atoms with Gasteiger partial charge in [0.2, 0.25) is 0 Å². The second-order valence-electron chi connectivity index (χ2n) is 3.10. The van der Waals surface area contributed by atoms with Gasteiger partial charge in [0.15, 0.2) is 0 Å². The molecule has 0 saturated carbocycles. The van der Waals surface area contributed by atoms with E-state index < -0.39 is 17.7 Å². The lowest BCUT2D eigenvalue weighted by Gasteiger charge is -2.06. The number of ether oxygens (including phenoxy) is 1. The molecule has 0 bridgehead atoms. The van der Waals surface area contributed by atoms with Gasteiger partial charge in [0.05, 0.1) is 12.7 Å². The summed E-state index contributed by atoms with van der Waals surface area (Å²) in [7, 11) is 1.16. The van der Waals surface area contributed by atoms with Gasteiger partial charge in [0.25, 0.3) is 0 Å². The predicted molar refractivity (Wildman–Crippen MR) is 57.3 cm³/mol. The van der Waals surface area contributed by atoms with Gasteiger partial charge in [0, 0.05) is 0 Å². The number of methoxy groups -OCH3 is 1. The number of rotatable bonds is 2. The molecule has 1 aromatic rings. The van der Waals surface area contributed by atoms with Gasteiger partial charge < -0.3 is 4.74 Å². The summed E-state index contributed by atoms with van der Waals surface area (Å²) in [6.45, 7) is 0. The zero-order chi connectivity index (χ0) is 13.1. The minimum atomic E-state index is -4.38. The topological polar surface area (TPSA) is 26.3 Å². The third-order valence-corrected chi connectivity index (χ3v) is 2.18. The van der Waals surface area contributed by atoms with Crippen molar-refractivity contribution in [2.24, 2.45) is 0 Å². The Balaban J connectivity index is 2.93. The molecule has 1 aromatic carbocycles. The number of hydrogen-bond acceptors (Lipinski definition) is 2. The van der Waals surface area contributed by atoms with Crippen LogP contribution < -0.4 is 0 Å². The number of benzene rings is 1. The maximum Gasteiger partial charge on any atom is 0.416 e. The molecule has 0 atom stereocenters. The molecule has 0 saturated heterocycles. The Bertz CT molecular complexity index is 435. The molecule has 1 rings (SSSR count). The molecule has 0 unspecified atom stereocenters. The summed E-state index contributed by atoms with van der Waals surface area (Å²) in [5, 5.41) is -0.202. The van der Waals surface area contributed by atoms with Crippen molar-refractivity contribution in [1.29, 1.82) is 0 Å². The SMILES string of the molecule is COC(=O)/C(Cl)=C/c1ccc(C(F)(F)F)cc1. The number of carbonyl (C=O) groups is 1. The summed E-state index contributed by atoms with van der Waals surface area (Å²) in [6.07, 6.45) is -3.15. The zero-order valence-electron chi connectivity index (χ0n) is 8.72. The predicted octanol–water partition coefficient (Wildman–Crippen LogP) is 3.46. The quantitative estimate of drug-likeness (QED) is 0.604. The van der Waals surface area contributed by atoms with Crippen LogP contribution in [0.5, 0.6) is 0 Å². The first-order valence-corrected chi connectivity index (χ1v) is 4.85. The Labute approximate surface area is 101 Å². The van der Waals surface area contributed by atoms with E-state index in [0.717, 1.165) is 19.2 Å². The number of halogens is 4. The van der Waals surface area contributed by atoms with Crippen LogP contribution in [-0.2, 0) is 15.7 Å². The molecule has 17 heavy (non-hydrogen) atoms. The normalized spacial score (nSPS) is 12.4. The molecule has 92 valence electrons. The van der Waals surface area contributed by atoms with E-state index in [1.54, 1.807) is 0 Å². The van der Waals surface area contributed by atoms with Crippen LogP contribution in [0, 0.1) is 0 Å². The summed E-state index contributed by atoms with van der Waals surface area (Å²) in [6, 6.07) is 4.25. The third-order valence-electron chi connectivity index (χ3n) is 1.91. The van der Waals surface area contributed by atoms with E-state index >= 15 is 0 Å². The zero-order valence-corrected chi connectivity index (χ0v) is 9.47. The van der Waals surface area contributed by atoms with Crippen molar-refractivity contribution < 1.29 is 22.7 Å². The molecule has 0 aliphatic rings. The van der Waals surface area contributed by atoms with Crippen LogP contribution in [-0.4, -0.2) is 13.1 Å². The second-order valence-corrected chi connectivity index (χ2v) is 3.51. The van der Waals surface area contributed by atoms with Crippen LogP contribution in [0.15, 0.2) is 29.3 Å². The fourth-order valence-electron chi connectivity index (χ4n) is 1.07. The first-order valence-electron chi connectivity index (χ1n) is 4.47. The Morgan fingerprint density at radius 1 is 1.29 bits per heavy atom. The minimum absolute atomic E-state index is 0.202. The molecule has 6 heteroatoms. The summed E-state index contributed by atoms with van der Waals surface area (Å²) in [5.74, 6) is -0.744. The number of alkyl halides is 3. The summed E-state index contributed by atoms with van der Waals surface area (Å²) >= 11 is 5.56. The average Bonchev–Trinajstić information content (AvgIpc) is 2.27. The largest absolute Gasteiger partial charge is 0.465 e. The highest BCUT2D eigenvalue weighted by Gasteiger charge is 2.29. The monoisotopic (exact) mass is 264 g/mol. The van der Waals surface area contributed by atoms with Gasteiger partial charge in [-0.15, -0.1) is 0 Å². The number of hydrogen-bond donors (Lipinski definition) is 0. The maximum atomic E-state index is 12.2. The van der Waals surface area contributed by atoms with Crippen molar-refractivity contribution in [2.75, 3.05) is 7.11 Å². The highest BCUT2D eigenvalue weighted by atomic mass is 35.5. The van der Waals surface area contributed by atoms with Crippen molar-refractivity contribution in [3.05, 3.63) is 40.4 Å². The highest BCUT2D eigenvalue weighted by Crippen LogP contribution is 2.29. The molecule has 0 fully saturated rings. The molecule has 0 radical (unpaired) electrons. The fraction of sp³-hybridized carbons (Fsp3) is 0.182. The van der Waals surface area contributed by atoms with Crippen molar-refractivity contribution in [2.45, 2.75) is 6.18 Å². The van der Waals surface area contributed by atoms with Gasteiger partial charge >= 0.3 is 12.1 Å². The van der Waals surface area contributed by atoms with Gasteiger partial charge in [0.1, 0.15) is 5.03 Å². The maximum absolute atomic E-state index is 12.2. The lowest BCUT2D eigenvalue weighted by atomic mass is 10.1. The van der Waals surface area contributed by atoms with E-state index in [2.05, 4.69) is 4.74 Å². The molecule has 0 aliphatic heterocycles. The molecule has 0 aliphatic carbocycles. The van der Waals surface area contributed by atoms with Crippen molar-refractivity contribution in [3.8, 4) is 0 Å². The molecular weight excluding hydrogens is 257 g/mol. The van der Waals surface area contributed by atoms with Crippen LogP contribution in [0.2, 0.25) is 0 Å². The van der Waals surface area contributed by atoms with E-state index in [0.29, 0.717) is 5.56 Å². The van der Waals surface area contributed by atoms with E-state index in [9.17, 15) is 18.0 Å². The number of esters is 1. The molecule has 0 N–H and O–H groups in total. The van der Waals surface area contributed by atoms with Gasteiger partial charge in [-0.3, -0.25) is 0 Å². The van der Waals surface area contributed by atoms with Crippen molar-refractivity contribution >= 4 is 23.6 Å². The molecular formula is C11H8ClF3O2. The number of carbonyl (C=O) groups excluding carboxylic acids is 1. The minimum Gasteiger partial charge on any atom is -0.465 e. The standard InChI is InChI=1S/C11H8ClF3O2/c1-17-10(16)9(12)6-7-2-4-8(5-3-7)11(13,14)15/h2-6H,1H3/b9-6-. The average molecular weight is 265 g/mol. The molecule has 0 aromatic heterocycles. The van der Waals surface area contributed by atoms with E-state index in [1.165, 1.54) is 18.2 Å². The first-order chi connectivity index (χ1) is 7.84. The van der Waals surface area contributed by atoms with Crippen molar-refractivity contribution in [3.63, 3.8) is 0 Å². The summed E-state index contributed by atoms with van der Waals surface area (Å²) in [4.78, 5) is 10.9. The van der Waals surface area contributed by atoms with Crippen LogP contribution in [0.3, 0.4) is 0 Å². The summed E-state index contributed by atoms with van der Waals surface area (Å²) in [5.41, 5.74) is -0.378. The van der Waals surface area contributed by atoms with E-state index in [-0.39, 0.29) is 5.03 Å². The van der Waals surface area contributed by atoms with E-state index in [4.69, 9.17) is 11.6 Å². The molecule has 0 heterocycles. The molecule has 0 spiro atoms. The highest BCUT2D eigenvalue weighted by molar-refractivity contribution is 6.43. The van der Waals surface area contributed by atoms with Gasteiger partial charge in [-0.25, -0.2) is 4.79 Å². The summed E-state index contributed by atoms with van der Waals surface area (Å²) < 4.78 is 41.1. The Morgan fingerprint density at radius 2 is 1.82 bits per heavy atom. The smallest absolute Gasteiger partial charge is 0.416 e. The van der Waals surface area contributed by atoms with Crippen LogP contribution >= 0.6 is 11.6 Å². The van der Waals surface area contributed by atoms with Gasteiger partial charge in [-0.1, -0.05) is 23.7 Å². The van der Waals surface area contributed by atoms with Crippen LogP contribution in [0.4, 0.5) is 13.2 Å². The lowest BCUT2D eigenvalue weighted by molar-refractivity contribution is -0.137. The van der Waals surface area contributed by atoms with Crippen LogP contribution in [0.25, 0.3) is 6.08 Å². The fourth-order valence-corrected chi connectivity index (χ4v) is 1.27. The Kier molecular flexibility index (Phi) is 4.17. The van der Waals surface area contributed by atoms with Crippen molar-refractivity contribution in [1.82, 2.24) is 0 Å². The molecule has 2 nitrogen and oxygen atoms in total. The van der Waals surface area contributed by atoms with Gasteiger partial charge in [-0.2, -0.15) is 13.2 Å². The second kappa shape index (κ2) is 5.23. The Hall–Kier alpha value is -1.49. The lowest BCUT2D eigenvalue weighted by Crippen LogP contribution is -2.04. The third kappa shape index (κ3) is 3.78. The Morgan fingerprint density at radius 3 is 2.24 bits per heavy atom. The van der Waals surface area contributed by atoms with Gasteiger partial charge in [-0.05, 0) is 23.8 Å². The van der Waals surface area contributed by atoms with Crippen LogP contribution in [0.1, 0.15) is 11.1 Å². The van der Waals surface area contributed by atoms with E-state index in [1.807, 2.05) is 0 Å².